The molecular weight excluding hydrogens is 330 g/mol. The lowest BCUT2D eigenvalue weighted by Crippen LogP contribution is -2.33. The number of ether oxygens (including phenoxy) is 1. The topological polar surface area (TPSA) is 70.0 Å². The van der Waals surface area contributed by atoms with Crippen molar-refractivity contribution in [1.29, 1.82) is 0 Å². The highest BCUT2D eigenvalue weighted by molar-refractivity contribution is 5.87. The van der Waals surface area contributed by atoms with Crippen molar-refractivity contribution in [3.05, 3.63) is 65.2 Å². The summed E-state index contributed by atoms with van der Waals surface area (Å²) in [6.45, 7) is 3.11. The monoisotopic (exact) mass is 355 g/mol. The van der Waals surface area contributed by atoms with E-state index in [0.717, 1.165) is 43.8 Å². The molecule has 5 heteroatoms. The van der Waals surface area contributed by atoms with Crippen LogP contribution in [0.4, 0.5) is 0 Å². The van der Waals surface area contributed by atoms with Gasteiger partial charge in [0, 0.05) is 13.1 Å². The fourth-order valence-corrected chi connectivity index (χ4v) is 3.55. The smallest absolute Gasteiger partial charge is 0.335 e. The molecule has 2 N–H and O–H groups in total. The Hall–Kier alpha value is -2.37. The highest BCUT2D eigenvalue weighted by Crippen LogP contribution is 2.28. The lowest BCUT2D eigenvalue weighted by molar-refractivity contribution is 0.0696. The first-order valence-electron chi connectivity index (χ1n) is 9.04. The third kappa shape index (κ3) is 4.84. The summed E-state index contributed by atoms with van der Waals surface area (Å²) >= 11 is 0. The van der Waals surface area contributed by atoms with Crippen LogP contribution in [0.5, 0.6) is 5.75 Å². The quantitative estimate of drug-likeness (QED) is 0.798. The van der Waals surface area contributed by atoms with Crippen molar-refractivity contribution in [2.24, 2.45) is 0 Å². The molecule has 2 aromatic rings. The molecule has 138 valence electrons. The minimum atomic E-state index is -0.876. The Morgan fingerprint density at radius 1 is 1.19 bits per heavy atom. The molecule has 3 rings (SSSR count). The van der Waals surface area contributed by atoms with Crippen molar-refractivity contribution in [1.82, 2.24) is 4.90 Å². The van der Waals surface area contributed by atoms with Crippen molar-refractivity contribution in [3.8, 4) is 5.75 Å². The Labute approximate surface area is 153 Å². The van der Waals surface area contributed by atoms with Crippen molar-refractivity contribution in [2.45, 2.75) is 25.3 Å². The number of hydrogen-bond donors (Lipinski definition) is 2. The molecule has 0 aromatic heterocycles. The molecule has 1 fully saturated rings. The van der Waals surface area contributed by atoms with Crippen LogP contribution in [0.25, 0.3) is 0 Å². The van der Waals surface area contributed by atoms with Crippen LogP contribution in [0, 0.1) is 0 Å². The molecule has 0 aliphatic carbocycles. The molecule has 0 saturated carbocycles. The minimum Gasteiger partial charge on any atom is -0.491 e. The molecule has 0 spiro atoms. The van der Waals surface area contributed by atoms with Gasteiger partial charge < -0.3 is 14.9 Å². The van der Waals surface area contributed by atoms with Gasteiger partial charge in [0.2, 0.25) is 0 Å². The molecule has 1 aliphatic rings. The lowest BCUT2D eigenvalue weighted by Gasteiger charge is -2.33. The van der Waals surface area contributed by atoms with Crippen LogP contribution in [0.1, 0.15) is 40.2 Å². The van der Waals surface area contributed by atoms with E-state index in [0.29, 0.717) is 18.1 Å². The second-order valence-electron chi connectivity index (χ2n) is 6.72. The highest BCUT2D eigenvalue weighted by atomic mass is 16.5. The summed E-state index contributed by atoms with van der Waals surface area (Å²) in [7, 11) is 0. The number of aliphatic hydroxyl groups excluding tert-OH is 1. The van der Waals surface area contributed by atoms with E-state index >= 15 is 0 Å². The average Bonchev–Trinajstić information content (AvgIpc) is 2.67. The number of rotatable bonds is 7. The summed E-state index contributed by atoms with van der Waals surface area (Å²) in [5.74, 6) is 0.260. The van der Waals surface area contributed by atoms with E-state index in [9.17, 15) is 9.90 Å². The van der Waals surface area contributed by atoms with Crippen molar-refractivity contribution in [2.75, 3.05) is 26.3 Å². The molecule has 0 unspecified atom stereocenters. The number of aliphatic hydroxyl groups is 1. The van der Waals surface area contributed by atoms with Crippen LogP contribution >= 0.6 is 0 Å². The maximum atomic E-state index is 11.2. The minimum absolute atomic E-state index is 0.00738. The third-order valence-electron chi connectivity index (χ3n) is 4.78. The molecule has 1 saturated heterocycles. The molecule has 1 atom stereocenters. The van der Waals surface area contributed by atoms with Gasteiger partial charge in [-0.3, -0.25) is 4.90 Å². The Morgan fingerprint density at radius 3 is 2.85 bits per heavy atom. The number of benzene rings is 2. The summed E-state index contributed by atoms with van der Waals surface area (Å²) < 4.78 is 5.49. The van der Waals surface area contributed by atoms with Crippen LogP contribution < -0.4 is 4.74 Å². The first kappa shape index (κ1) is 18.4. The number of nitrogens with zero attached hydrogens (tertiary/aromatic N) is 1. The average molecular weight is 355 g/mol. The maximum absolute atomic E-state index is 11.2. The zero-order valence-corrected chi connectivity index (χ0v) is 14.8. The number of hydrogen-bond acceptors (Lipinski definition) is 4. The molecular formula is C21H25NO4. The number of aromatic carboxylic acids is 1. The summed E-state index contributed by atoms with van der Waals surface area (Å²) in [6, 6.07) is 15.3. The van der Waals surface area contributed by atoms with Gasteiger partial charge in [-0.15, -0.1) is 0 Å². The molecule has 1 heterocycles. The predicted octanol–water partition coefficient (Wildman–Crippen LogP) is 3.14. The molecule has 2 aromatic carbocycles. The van der Waals surface area contributed by atoms with E-state index in [1.807, 2.05) is 30.3 Å². The lowest BCUT2D eigenvalue weighted by atomic mass is 9.89. The standard InChI is InChI=1S/C21H25NO4/c23-10-11-26-20-8-1-4-16(12-20)14-22-9-3-7-19(15-22)17-5-2-6-18(13-17)21(24)25/h1-2,4-6,8,12-13,19,23H,3,7,9-11,14-15H2,(H,24,25)/t19-/m1/s1. The molecule has 26 heavy (non-hydrogen) atoms. The number of carboxylic acids is 1. The number of piperidine rings is 1. The van der Waals surface area contributed by atoms with Crippen LogP contribution in [-0.4, -0.2) is 47.4 Å². The Kier molecular flexibility index (Phi) is 6.26. The summed E-state index contributed by atoms with van der Waals surface area (Å²) in [6.07, 6.45) is 2.18. The maximum Gasteiger partial charge on any atom is 0.335 e. The van der Waals surface area contributed by atoms with E-state index in [1.54, 1.807) is 12.1 Å². The molecule has 5 nitrogen and oxygen atoms in total. The highest BCUT2D eigenvalue weighted by Gasteiger charge is 2.22. The second-order valence-corrected chi connectivity index (χ2v) is 6.72. The van der Waals surface area contributed by atoms with Gasteiger partial charge in [0.05, 0.1) is 12.2 Å². The molecule has 0 bridgehead atoms. The molecule has 0 amide bonds. The van der Waals surface area contributed by atoms with Crippen molar-refractivity contribution >= 4 is 5.97 Å². The summed E-state index contributed by atoms with van der Waals surface area (Å²) in [4.78, 5) is 13.6. The van der Waals surface area contributed by atoms with E-state index in [4.69, 9.17) is 9.84 Å². The fourth-order valence-electron chi connectivity index (χ4n) is 3.55. The first-order chi connectivity index (χ1) is 12.7. The second kappa shape index (κ2) is 8.83. The summed E-state index contributed by atoms with van der Waals surface area (Å²) in [5, 5.41) is 18.1. The Balaban J connectivity index is 1.65. The zero-order valence-electron chi connectivity index (χ0n) is 14.8. The van der Waals surface area contributed by atoms with Crippen LogP contribution in [0.2, 0.25) is 0 Å². The molecule has 1 aliphatic heterocycles. The third-order valence-corrected chi connectivity index (χ3v) is 4.78. The Bertz CT molecular complexity index is 746. The van der Waals surface area contributed by atoms with Crippen molar-refractivity contribution in [3.63, 3.8) is 0 Å². The zero-order chi connectivity index (χ0) is 18.4. The van der Waals surface area contributed by atoms with E-state index in [2.05, 4.69) is 11.0 Å². The number of carboxylic acid groups (broad SMARTS) is 1. The number of likely N-dealkylation sites (tertiary alicyclic amines) is 1. The van der Waals surface area contributed by atoms with Gasteiger partial charge in [-0.25, -0.2) is 4.79 Å². The van der Waals surface area contributed by atoms with Gasteiger partial charge >= 0.3 is 5.97 Å². The van der Waals surface area contributed by atoms with E-state index in [1.165, 1.54) is 5.56 Å². The normalized spacial score (nSPS) is 17.8. The van der Waals surface area contributed by atoms with Crippen LogP contribution in [-0.2, 0) is 6.54 Å². The van der Waals surface area contributed by atoms with Crippen LogP contribution in [0.3, 0.4) is 0 Å². The van der Waals surface area contributed by atoms with Gasteiger partial charge in [0.15, 0.2) is 0 Å². The van der Waals surface area contributed by atoms with E-state index < -0.39 is 5.97 Å². The van der Waals surface area contributed by atoms with Gasteiger partial charge in [-0.05, 0) is 60.7 Å². The first-order valence-corrected chi connectivity index (χ1v) is 9.04. The van der Waals surface area contributed by atoms with Gasteiger partial charge in [-0.2, -0.15) is 0 Å². The van der Waals surface area contributed by atoms with Crippen LogP contribution in [0.15, 0.2) is 48.5 Å². The van der Waals surface area contributed by atoms with Gasteiger partial charge in [0.25, 0.3) is 0 Å². The SMILES string of the molecule is O=C(O)c1cccc([C@@H]2CCCN(Cc3cccc(OCCO)c3)C2)c1. The van der Waals surface area contributed by atoms with Gasteiger partial charge in [0.1, 0.15) is 12.4 Å². The number of carbonyl (C=O) groups is 1. The summed E-state index contributed by atoms with van der Waals surface area (Å²) in [5.41, 5.74) is 2.64. The van der Waals surface area contributed by atoms with Gasteiger partial charge in [-0.1, -0.05) is 24.3 Å². The fraction of sp³-hybridized carbons (Fsp3) is 0.381. The Morgan fingerprint density at radius 2 is 2.04 bits per heavy atom. The van der Waals surface area contributed by atoms with Crippen molar-refractivity contribution < 1.29 is 19.7 Å². The largest absolute Gasteiger partial charge is 0.491 e. The predicted molar refractivity (Wildman–Crippen MR) is 99.7 cm³/mol. The molecule has 0 radical (unpaired) electrons. The van der Waals surface area contributed by atoms with E-state index in [-0.39, 0.29) is 6.61 Å².